The van der Waals surface area contributed by atoms with Gasteiger partial charge in [-0.05, 0) is 101 Å². The third-order valence-electron chi connectivity index (χ3n) is 18.4. The summed E-state index contributed by atoms with van der Waals surface area (Å²) >= 11 is 0. The number of amides is 13. The van der Waals surface area contributed by atoms with Crippen LogP contribution in [-0.2, 0) is 87.9 Å². The molecule has 0 saturated carbocycles. The number of primary amides is 1. The zero-order valence-corrected chi connectivity index (χ0v) is 66.9. The maximum Gasteiger partial charge on any atom is 0.326 e. The van der Waals surface area contributed by atoms with Crippen LogP contribution in [0.4, 0.5) is 0 Å². The number of nitrogens with two attached hydrogens (primary N) is 6. The Bertz CT molecular complexity index is 3430. The van der Waals surface area contributed by atoms with E-state index < -0.39 is 225 Å². The summed E-state index contributed by atoms with van der Waals surface area (Å²) in [6, 6.07) is -9.38. The van der Waals surface area contributed by atoms with Crippen molar-refractivity contribution in [2.24, 2.45) is 62.1 Å². The smallest absolute Gasteiger partial charge is 0.326 e. The van der Waals surface area contributed by atoms with E-state index in [1.165, 1.54) is 6.92 Å². The van der Waals surface area contributed by atoms with Crippen molar-refractivity contribution in [2.75, 3.05) is 26.2 Å². The highest BCUT2D eigenvalue weighted by atomic mass is 16.4. The first-order chi connectivity index (χ1) is 54.2. The van der Waals surface area contributed by atoms with Gasteiger partial charge in [0.1, 0.15) is 66.5 Å². The Morgan fingerprint density at radius 1 is 0.383 bits per heavy atom. The average molecular weight is 1630 g/mol. The molecule has 0 saturated heterocycles. The lowest BCUT2D eigenvalue weighted by Crippen LogP contribution is -2.60. The molecule has 0 radical (unpaired) electrons. The quantitative estimate of drug-likeness (QED) is 0.0175. The van der Waals surface area contributed by atoms with E-state index >= 15 is 0 Å². The molecule has 0 spiro atoms. The van der Waals surface area contributed by atoms with Crippen molar-refractivity contribution >= 4 is 113 Å². The predicted octanol–water partition coefficient (Wildman–Crippen LogP) is -3.03. The van der Waals surface area contributed by atoms with Crippen LogP contribution < -0.4 is 98.2 Å². The molecule has 0 fully saturated rings. The van der Waals surface area contributed by atoms with Crippen LogP contribution in [0, 0.1) is 17.8 Å². The van der Waals surface area contributed by atoms with Crippen LogP contribution in [-0.4, -0.2) is 226 Å². The van der Waals surface area contributed by atoms with Crippen LogP contribution in [0.25, 0.3) is 0 Å². The van der Waals surface area contributed by atoms with Gasteiger partial charge in [-0.25, -0.2) is 4.79 Å². The fraction of sp³-hybridized carbons (Fsp3) is 0.662. The summed E-state index contributed by atoms with van der Waals surface area (Å²) in [4.78, 5) is 236. The number of rotatable bonds is 61. The lowest BCUT2D eigenvalue weighted by molar-refractivity contribution is -0.143. The van der Waals surface area contributed by atoms with Crippen molar-refractivity contribution in [3.8, 4) is 0 Å². The van der Waals surface area contributed by atoms with E-state index in [-0.39, 0.29) is 88.2 Å². The summed E-state index contributed by atoms with van der Waals surface area (Å²) in [6.45, 7) is 10.8. The van der Waals surface area contributed by atoms with Crippen LogP contribution in [0.15, 0.2) is 40.3 Å². The molecule has 13 amide bonds. The lowest BCUT2D eigenvalue weighted by Gasteiger charge is -2.29. The molecule has 41 heteroatoms. The molecule has 646 valence electrons. The second-order valence-corrected chi connectivity index (χ2v) is 28.7. The van der Waals surface area contributed by atoms with Gasteiger partial charge in [0.05, 0.1) is 13.0 Å². The van der Waals surface area contributed by atoms with Crippen LogP contribution in [0.1, 0.15) is 202 Å². The zero-order valence-electron chi connectivity index (χ0n) is 66.9. The second kappa shape index (κ2) is 56.0. The van der Waals surface area contributed by atoms with E-state index in [1.807, 2.05) is 6.92 Å². The first-order valence-corrected chi connectivity index (χ1v) is 38.8. The maximum atomic E-state index is 14.7. The molecule has 28 N–H and O–H groups in total. The van der Waals surface area contributed by atoms with Gasteiger partial charge in [0, 0.05) is 45.2 Å². The summed E-state index contributed by atoms with van der Waals surface area (Å²) < 4.78 is 0. The number of carboxylic acids is 4. The van der Waals surface area contributed by atoms with Crippen LogP contribution in [0.3, 0.4) is 0 Å². The fourth-order valence-electron chi connectivity index (χ4n) is 11.5. The van der Waals surface area contributed by atoms with Crippen molar-refractivity contribution in [2.45, 2.75) is 269 Å². The minimum absolute atomic E-state index is 0.0122. The van der Waals surface area contributed by atoms with Crippen molar-refractivity contribution < 1.29 is 102 Å². The Balaban J connectivity index is 3.62. The molecule has 0 aliphatic carbocycles. The van der Waals surface area contributed by atoms with Gasteiger partial charge in [-0.15, -0.1) is 0 Å². The number of carbonyl (C=O) groups is 17. The van der Waals surface area contributed by atoms with E-state index in [9.17, 15) is 102 Å². The molecule has 13 atom stereocenters. The van der Waals surface area contributed by atoms with Gasteiger partial charge in [0.2, 0.25) is 76.8 Å². The SMILES string of the molecule is CC[C@H](C)[C@H](NC(=O)CCCCCCCCCCN)C(=O)N[C@@H](C)C(=O)N[C@@H](CCC(N)=O)C(=O)N[C@@H](CCC(=O)O)C(=O)N[C@@H](CC(C)C)C(=O)N[C@@H](CCCN=C(N)N)C(=O)N[C@@H](CCCN=C(N)N)C(=O)N[C@H](C(=O)NCC(=O)N[C@@H](CC(=O)O)C(=O)N[C@@H](CCC(=O)O)C(=O)N[C@@H](Cc1ccccc1)C(=O)O)[C@@H](C)CC. The van der Waals surface area contributed by atoms with Crippen LogP contribution >= 0.6 is 0 Å². The Hall–Kier alpha value is -11.3. The molecule has 0 unspecified atom stereocenters. The van der Waals surface area contributed by atoms with E-state index in [0.717, 1.165) is 44.9 Å². The Morgan fingerprint density at radius 2 is 0.783 bits per heavy atom. The minimum Gasteiger partial charge on any atom is -0.481 e. The minimum atomic E-state index is -1.99. The summed E-state index contributed by atoms with van der Waals surface area (Å²) in [6.07, 6.45) is 2.62. The van der Waals surface area contributed by atoms with E-state index in [4.69, 9.17) is 34.4 Å². The van der Waals surface area contributed by atoms with Crippen molar-refractivity contribution in [1.29, 1.82) is 0 Å². The number of unbranched alkanes of at least 4 members (excludes halogenated alkanes) is 7. The number of benzene rings is 1. The number of nitrogens with one attached hydrogen (secondary N) is 12. The Kier molecular flexibility index (Phi) is 49.6. The number of nitrogens with zero attached hydrogens (tertiary/aromatic N) is 2. The standard InChI is InChI=1S/C74H124N20O21/c1-8-42(5)60(70(112)83-40-56(97)85-52(39-59(102)103)69(111)90-50(30-33-58(100)101)66(108)92-53(72(114)115)38-45-23-17-16-18-24-45)94-67(109)47(26-22-36-82-74(79)80)87-63(105)46(25-21-35-81-73(77)78)88-68(110)51(37-41(3)4)91-65(107)49(29-32-57(98)99)89-64(106)48(28-31-54(76)95)86-62(104)44(7)84-71(113)61(43(6)9-2)93-55(96)27-19-14-12-10-11-13-15-20-34-75/h16-18,23-24,41-44,46-53,60-61H,8-15,19-22,25-40,75H2,1-7H3,(H2,76,95)(H,83,112)(H,84,113)(H,85,97)(H,86,104)(H,87,105)(H,88,110)(H,89,106)(H,90,111)(H,91,107)(H,92,108)(H,93,96)(H,94,109)(H,98,99)(H,100,101)(H,102,103)(H,114,115)(H4,77,78,81)(H4,79,80,82)/t42-,43-,44-,46-,47-,48-,49-,50-,51-,52-,53-,60-,61-/m0/s1. The van der Waals surface area contributed by atoms with Crippen LogP contribution in [0.2, 0.25) is 0 Å². The molecule has 1 rings (SSSR count). The lowest BCUT2D eigenvalue weighted by atomic mass is 9.97. The third-order valence-corrected chi connectivity index (χ3v) is 18.4. The Labute approximate surface area is 669 Å². The van der Waals surface area contributed by atoms with E-state index in [2.05, 4.69) is 73.8 Å². The van der Waals surface area contributed by atoms with Gasteiger partial charge < -0.3 is 119 Å². The van der Waals surface area contributed by atoms with Gasteiger partial charge in [-0.3, -0.25) is 86.7 Å². The molecule has 0 heterocycles. The third kappa shape index (κ3) is 44.1. The molecule has 1 aromatic carbocycles. The van der Waals surface area contributed by atoms with Crippen molar-refractivity contribution in [3.63, 3.8) is 0 Å². The molecular formula is C74H124N20O21. The van der Waals surface area contributed by atoms with E-state index in [1.54, 1.807) is 65.0 Å². The molecule has 0 bridgehead atoms. The average Bonchev–Trinajstić information content (AvgIpc) is 0.861. The zero-order chi connectivity index (χ0) is 86.9. The number of carboxylic acid groups (broad SMARTS) is 4. The number of carbonyl (C=O) groups excluding carboxylic acids is 13. The monoisotopic (exact) mass is 1630 g/mol. The largest absolute Gasteiger partial charge is 0.481 e. The number of aliphatic carboxylic acids is 4. The summed E-state index contributed by atoms with van der Waals surface area (Å²) in [5.41, 5.74) is 33.8. The van der Waals surface area contributed by atoms with Crippen molar-refractivity contribution in [3.05, 3.63) is 35.9 Å². The van der Waals surface area contributed by atoms with Gasteiger partial charge in [-0.2, -0.15) is 0 Å². The predicted molar refractivity (Wildman–Crippen MR) is 421 cm³/mol. The molecular weight excluding hydrogens is 1500 g/mol. The number of aliphatic imine (C=N–C) groups is 2. The van der Waals surface area contributed by atoms with Gasteiger partial charge in [-0.1, -0.05) is 123 Å². The highest BCUT2D eigenvalue weighted by molar-refractivity contribution is 6.00. The fourth-order valence-corrected chi connectivity index (χ4v) is 11.5. The van der Waals surface area contributed by atoms with Gasteiger partial charge >= 0.3 is 23.9 Å². The van der Waals surface area contributed by atoms with Gasteiger partial charge in [0.15, 0.2) is 11.9 Å². The molecule has 0 aliphatic heterocycles. The summed E-state index contributed by atoms with van der Waals surface area (Å²) in [5.74, 6) is -21.1. The summed E-state index contributed by atoms with van der Waals surface area (Å²) in [5, 5.41) is 68.2. The molecule has 0 aliphatic rings. The topological polar surface area (TPSA) is 696 Å². The molecule has 0 aromatic heterocycles. The second-order valence-electron chi connectivity index (χ2n) is 28.7. The normalized spacial score (nSPS) is 14.4. The summed E-state index contributed by atoms with van der Waals surface area (Å²) in [7, 11) is 0. The highest BCUT2D eigenvalue weighted by Gasteiger charge is 2.38. The first-order valence-electron chi connectivity index (χ1n) is 38.8. The number of hydrogen-bond acceptors (Lipinski definition) is 20. The first kappa shape index (κ1) is 102. The van der Waals surface area contributed by atoms with Gasteiger partial charge in [0.25, 0.3) is 0 Å². The van der Waals surface area contributed by atoms with E-state index in [0.29, 0.717) is 24.9 Å². The number of hydrogen-bond donors (Lipinski definition) is 22. The molecule has 1 aromatic rings. The molecule has 115 heavy (non-hydrogen) atoms. The number of guanidine groups is 2. The van der Waals surface area contributed by atoms with Crippen molar-refractivity contribution in [1.82, 2.24) is 63.8 Å². The van der Waals surface area contributed by atoms with Crippen LogP contribution in [0.5, 0.6) is 0 Å². The molecule has 41 nitrogen and oxygen atoms in total. The Morgan fingerprint density at radius 3 is 1.21 bits per heavy atom. The maximum absolute atomic E-state index is 14.7. The highest BCUT2D eigenvalue weighted by Crippen LogP contribution is 2.17.